The average Bonchev–Trinajstić information content (AvgIpc) is 3.43. The van der Waals surface area contributed by atoms with E-state index in [-0.39, 0.29) is 0 Å². The van der Waals surface area contributed by atoms with Crippen LogP contribution >= 0.6 is 0 Å². The predicted octanol–water partition coefficient (Wildman–Crippen LogP) is 2.25. The number of nitrogens with zero attached hydrogens (tertiary/aromatic N) is 6. The topological polar surface area (TPSA) is 112 Å². The van der Waals surface area contributed by atoms with Gasteiger partial charge in [0.1, 0.15) is 11.7 Å². The van der Waals surface area contributed by atoms with Crippen LogP contribution in [0, 0.1) is 6.92 Å². The second kappa shape index (κ2) is 10.2. The minimum absolute atomic E-state index is 0.499. The van der Waals surface area contributed by atoms with Crippen LogP contribution in [0.25, 0.3) is 0 Å². The van der Waals surface area contributed by atoms with Crippen LogP contribution in [0.3, 0.4) is 0 Å². The quantitative estimate of drug-likeness (QED) is 0.740. The number of carbonyl (C=O) groups is 1. The Labute approximate surface area is 194 Å². The molecule has 0 saturated carbocycles. The summed E-state index contributed by atoms with van der Waals surface area (Å²) in [5.41, 5.74) is 9.87. The van der Waals surface area contributed by atoms with Crippen molar-refractivity contribution in [3.8, 4) is 0 Å². The van der Waals surface area contributed by atoms with E-state index in [0.717, 1.165) is 58.2 Å². The summed E-state index contributed by atoms with van der Waals surface area (Å²) in [4.78, 5) is 18.5. The molecule has 3 N–H and O–H groups in total. The summed E-state index contributed by atoms with van der Waals surface area (Å²) in [7, 11) is 0. The number of benzene rings is 1. The second-order valence-corrected chi connectivity index (χ2v) is 9.07. The maximum absolute atomic E-state index is 9.00. The third-order valence-electron chi connectivity index (χ3n) is 6.54. The van der Waals surface area contributed by atoms with E-state index in [2.05, 4.69) is 60.7 Å². The first-order chi connectivity index (χ1) is 15.9. The molecule has 1 aromatic carbocycles. The summed E-state index contributed by atoms with van der Waals surface area (Å²) in [6, 6.07) is 10.1. The lowest BCUT2D eigenvalue weighted by Crippen LogP contribution is -2.53. The maximum atomic E-state index is 9.00. The van der Waals surface area contributed by atoms with Gasteiger partial charge in [-0.2, -0.15) is 0 Å². The van der Waals surface area contributed by atoms with Crippen LogP contribution in [-0.2, 0) is 24.3 Å². The number of carboxylic acid groups (broad SMARTS) is 1. The number of imidazole rings is 1. The molecule has 3 aliphatic heterocycles. The molecule has 1 saturated heterocycles. The van der Waals surface area contributed by atoms with Crippen molar-refractivity contribution >= 4 is 17.6 Å². The number of hydrogen-bond acceptors (Lipinski definition) is 7. The van der Waals surface area contributed by atoms with Gasteiger partial charge in [0.05, 0.1) is 18.4 Å². The molecule has 33 heavy (non-hydrogen) atoms. The van der Waals surface area contributed by atoms with Gasteiger partial charge in [-0.15, -0.1) is 10.2 Å². The molecule has 0 radical (unpaired) electrons. The van der Waals surface area contributed by atoms with Gasteiger partial charge in [-0.05, 0) is 31.7 Å². The minimum Gasteiger partial charge on any atom is -0.481 e. The molecule has 3 aliphatic rings. The number of fused-ring (bicyclic) bond motifs is 1. The number of aryl methyl sites for hydroxylation is 1. The van der Waals surface area contributed by atoms with E-state index in [0.29, 0.717) is 24.3 Å². The number of likely N-dealkylation sites (tertiary alicyclic amines) is 1. The van der Waals surface area contributed by atoms with Gasteiger partial charge in [0, 0.05) is 51.4 Å². The van der Waals surface area contributed by atoms with Gasteiger partial charge in [-0.25, -0.2) is 4.98 Å². The molecule has 0 aliphatic carbocycles. The lowest BCUT2D eigenvalue weighted by atomic mass is 9.95. The molecule has 176 valence electrons. The zero-order chi connectivity index (χ0) is 23.4. The molecule has 4 heterocycles. The van der Waals surface area contributed by atoms with E-state index in [9.17, 15) is 0 Å². The first kappa shape index (κ1) is 23.0. The lowest BCUT2D eigenvalue weighted by molar-refractivity contribution is -0.134. The number of nitrogens with two attached hydrogens (primary N) is 1. The minimum atomic E-state index is -0.833. The normalized spacial score (nSPS) is 21.0. The molecular formula is C24H33N7O2. The maximum Gasteiger partial charge on any atom is 0.300 e. The summed E-state index contributed by atoms with van der Waals surface area (Å²) >= 11 is 0. The molecule has 1 aromatic heterocycles. The van der Waals surface area contributed by atoms with Crippen molar-refractivity contribution in [1.82, 2.24) is 19.4 Å². The van der Waals surface area contributed by atoms with Crippen molar-refractivity contribution in [2.75, 3.05) is 13.1 Å². The molecule has 5 rings (SSSR count). The largest absolute Gasteiger partial charge is 0.481 e. The number of aromatic nitrogens is 2. The van der Waals surface area contributed by atoms with Crippen molar-refractivity contribution < 1.29 is 9.90 Å². The number of aliphatic carboxylic acids is 1. The third-order valence-corrected chi connectivity index (χ3v) is 6.54. The molecule has 1 fully saturated rings. The van der Waals surface area contributed by atoms with Crippen LogP contribution in [0.4, 0.5) is 0 Å². The van der Waals surface area contributed by atoms with Crippen LogP contribution in [-0.4, -0.2) is 67.3 Å². The highest BCUT2D eigenvalue weighted by Crippen LogP contribution is 2.28. The SMILES string of the molecule is CC(=O)O.Cc1ccc(C[C@H]2Cn3cncc3CN2C2CCN(C3=NN=C(N)C3)CC2)cc1. The number of hydrogen-bond donors (Lipinski definition) is 2. The van der Waals surface area contributed by atoms with Crippen molar-refractivity contribution in [3.05, 3.63) is 53.6 Å². The van der Waals surface area contributed by atoms with Crippen molar-refractivity contribution in [1.29, 1.82) is 0 Å². The molecule has 9 heteroatoms. The molecular weight excluding hydrogens is 418 g/mol. The first-order valence-electron chi connectivity index (χ1n) is 11.5. The highest BCUT2D eigenvalue weighted by atomic mass is 16.4. The van der Waals surface area contributed by atoms with Gasteiger partial charge in [0.15, 0.2) is 0 Å². The summed E-state index contributed by atoms with van der Waals surface area (Å²) in [6.45, 7) is 7.28. The van der Waals surface area contributed by atoms with E-state index < -0.39 is 5.97 Å². The Morgan fingerprint density at radius 1 is 1.18 bits per heavy atom. The predicted molar refractivity (Wildman–Crippen MR) is 128 cm³/mol. The van der Waals surface area contributed by atoms with Gasteiger partial charge in [-0.1, -0.05) is 29.8 Å². The highest BCUT2D eigenvalue weighted by molar-refractivity contribution is 6.04. The van der Waals surface area contributed by atoms with E-state index in [1.165, 1.54) is 16.8 Å². The molecule has 0 amide bonds. The molecule has 0 spiro atoms. The van der Waals surface area contributed by atoms with Gasteiger partial charge in [0.2, 0.25) is 0 Å². The van der Waals surface area contributed by atoms with E-state index in [4.69, 9.17) is 15.6 Å². The fourth-order valence-electron chi connectivity index (χ4n) is 4.88. The zero-order valence-corrected chi connectivity index (χ0v) is 19.4. The van der Waals surface area contributed by atoms with Crippen LogP contribution in [0.2, 0.25) is 0 Å². The van der Waals surface area contributed by atoms with Crippen LogP contribution in [0.1, 0.15) is 43.0 Å². The van der Waals surface area contributed by atoms with Gasteiger partial charge >= 0.3 is 0 Å². The van der Waals surface area contributed by atoms with Crippen LogP contribution in [0.15, 0.2) is 47.0 Å². The molecule has 9 nitrogen and oxygen atoms in total. The summed E-state index contributed by atoms with van der Waals surface area (Å²) in [5.74, 6) is 0.832. The second-order valence-electron chi connectivity index (χ2n) is 9.07. The Balaban J connectivity index is 0.000000601. The molecule has 2 aromatic rings. The molecule has 0 unspecified atom stereocenters. The van der Waals surface area contributed by atoms with Crippen LogP contribution < -0.4 is 5.73 Å². The van der Waals surface area contributed by atoms with Gasteiger partial charge in [-0.3, -0.25) is 9.69 Å². The smallest absolute Gasteiger partial charge is 0.300 e. The Bertz CT molecular complexity index is 1020. The van der Waals surface area contributed by atoms with Crippen molar-refractivity contribution in [2.45, 2.75) is 64.7 Å². The first-order valence-corrected chi connectivity index (χ1v) is 11.5. The van der Waals surface area contributed by atoms with E-state index in [1.54, 1.807) is 0 Å². The number of carboxylic acids is 1. The highest BCUT2D eigenvalue weighted by Gasteiger charge is 2.34. The Hall–Kier alpha value is -3.20. The number of rotatable bonds is 3. The summed E-state index contributed by atoms with van der Waals surface area (Å²) in [5, 5.41) is 15.7. The molecule has 1 atom stereocenters. The summed E-state index contributed by atoms with van der Waals surface area (Å²) in [6.07, 6.45) is 8.09. The summed E-state index contributed by atoms with van der Waals surface area (Å²) < 4.78 is 2.33. The standard InChI is InChI=1S/C22H29N7.C2H4O2/c1-16-2-4-17(5-3-16)10-19-13-28-15-24-12-20(28)14-29(19)18-6-8-27(9-7-18)22-11-21(23)25-26-22;1-2(3)4/h2-5,12,15,18-19H,6-11,13-14H2,1H3,(H2,23,25);1H3,(H,3,4)/t19-;/m0./s1. The third kappa shape index (κ3) is 5.78. The van der Waals surface area contributed by atoms with Gasteiger partial charge < -0.3 is 20.3 Å². The van der Waals surface area contributed by atoms with E-state index in [1.807, 2.05) is 12.5 Å². The number of piperidine rings is 1. The lowest BCUT2D eigenvalue weighted by Gasteiger charge is -2.45. The molecule has 0 bridgehead atoms. The fraction of sp³-hybridized carbons (Fsp3) is 0.500. The number of amidine groups is 2. The Morgan fingerprint density at radius 2 is 1.88 bits per heavy atom. The zero-order valence-electron chi connectivity index (χ0n) is 19.4. The fourth-order valence-corrected chi connectivity index (χ4v) is 4.88. The van der Waals surface area contributed by atoms with Gasteiger partial charge in [0.25, 0.3) is 5.97 Å². The van der Waals surface area contributed by atoms with Crippen molar-refractivity contribution in [3.63, 3.8) is 0 Å². The van der Waals surface area contributed by atoms with Crippen LogP contribution in [0.5, 0.6) is 0 Å². The monoisotopic (exact) mass is 451 g/mol. The Morgan fingerprint density at radius 3 is 2.52 bits per heavy atom. The Kier molecular flexibility index (Phi) is 7.08. The van der Waals surface area contributed by atoms with Crippen molar-refractivity contribution in [2.24, 2.45) is 15.9 Å². The van der Waals surface area contributed by atoms with E-state index >= 15 is 0 Å². The average molecular weight is 452 g/mol.